The van der Waals surface area contributed by atoms with Gasteiger partial charge in [0.25, 0.3) is 0 Å². The van der Waals surface area contributed by atoms with Crippen LogP contribution in [0.1, 0.15) is 11.3 Å². The van der Waals surface area contributed by atoms with Gasteiger partial charge in [-0.3, -0.25) is 4.98 Å². The first kappa shape index (κ1) is 9.65. The smallest absolute Gasteiger partial charge is 0.0889 e. The largest absolute Gasteiger partial charge is 0.398 e. The maximum atomic E-state index is 5.85. The van der Waals surface area contributed by atoms with Gasteiger partial charge in [0.1, 0.15) is 0 Å². The number of hydrogen-bond donors (Lipinski definition) is 1. The van der Waals surface area contributed by atoms with Gasteiger partial charge in [0.2, 0.25) is 0 Å². The minimum Gasteiger partial charge on any atom is -0.398 e. The Morgan fingerprint density at radius 1 is 1.13 bits per heavy atom. The zero-order valence-electron chi connectivity index (χ0n) is 8.86. The Hall–Kier alpha value is -1.90. The summed E-state index contributed by atoms with van der Waals surface area (Å²) in [5.41, 5.74) is 10.5. The summed E-state index contributed by atoms with van der Waals surface area (Å²) in [4.78, 5) is 8.51. The molecule has 0 unspecified atom stereocenters. The van der Waals surface area contributed by atoms with Gasteiger partial charge in [-0.05, 0) is 25.5 Å². The normalized spacial score (nSPS) is 10.3. The minimum atomic E-state index is 0.788. The highest BCUT2D eigenvalue weighted by atomic mass is 14.8. The summed E-state index contributed by atoms with van der Waals surface area (Å²) in [6, 6.07) is 5.93. The zero-order chi connectivity index (χ0) is 10.8. The molecule has 0 bridgehead atoms. The lowest BCUT2D eigenvalue weighted by Crippen LogP contribution is -1.92. The van der Waals surface area contributed by atoms with E-state index in [4.69, 9.17) is 5.73 Å². The van der Waals surface area contributed by atoms with Gasteiger partial charge >= 0.3 is 0 Å². The Morgan fingerprint density at radius 2 is 1.93 bits per heavy atom. The molecule has 0 saturated heterocycles. The third-order valence-electron chi connectivity index (χ3n) is 2.33. The summed E-state index contributed by atoms with van der Waals surface area (Å²) >= 11 is 0. The molecule has 0 radical (unpaired) electrons. The van der Waals surface area contributed by atoms with Crippen molar-refractivity contribution in [3.05, 3.63) is 41.9 Å². The molecule has 1 aromatic heterocycles. The molecule has 0 aliphatic rings. The molecule has 15 heavy (non-hydrogen) atoms. The summed E-state index contributed by atoms with van der Waals surface area (Å²) in [5, 5.41) is 0. The number of aromatic nitrogens is 2. The zero-order valence-corrected chi connectivity index (χ0v) is 8.86. The van der Waals surface area contributed by atoms with E-state index < -0.39 is 0 Å². The van der Waals surface area contributed by atoms with E-state index in [1.54, 1.807) is 12.4 Å². The molecule has 76 valence electrons. The van der Waals surface area contributed by atoms with Crippen molar-refractivity contribution in [3.63, 3.8) is 0 Å². The quantitative estimate of drug-likeness (QED) is 0.717. The predicted molar refractivity (Wildman–Crippen MR) is 61.4 cm³/mol. The molecular weight excluding hydrogens is 186 g/mol. The average Bonchev–Trinajstić information content (AvgIpc) is 2.22. The molecule has 0 atom stereocenters. The first-order chi connectivity index (χ1) is 7.16. The van der Waals surface area contributed by atoms with Gasteiger partial charge in [0.05, 0.1) is 17.6 Å². The van der Waals surface area contributed by atoms with E-state index in [-0.39, 0.29) is 0 Å². The second-order valence-corrected chi connectivity index (χ2v) is 3.62. The number of anilines is 1. The highest BCUT2D eigenvalue weighted by Crippen LogP contribution is 2.21. The van der Waals surface area contributed by atoms with E-state index in [2.05, 4.69) is 9.97 Å². The molecule has 0 fully saturated rings. The molecular formula is C12H13N3. The fourth-order valence-electron chi connectivity index (χ4n) is 1.40. The van der Waals surface area contributed by atoms with Crippen molar-refractivity contribution >= 4 is 5.69 Å². The number of hydrogen-bond acceptors (Lipinski definition) is 3. The van der Waals surface area contributed by atoms with E-state index in [9.17, 15) is 0 Å². The first-order valence-electron chi connectivity index (χ1n) is 4.82. The summed E-state index contributed by atoms with van der Waals surface area (Å²) < 4.78 is 0. The fraction of sp³-hybridized carbons (Fsp3) is 0.167. The van der Waals surface area contributed by atoms with Crippen molar-refractivity contribution in [2.45, 2.75) is 13.8 Å². The second-order valence-electron chi connectivity index (χ2n) is 3.62. The van der Waals surface area contributed by atoms with Crippen LogP contribution in [0, 0.1) is 13.8 Å². The maximum Gasteiger partial charge on any atom is 0.0889 e. The van der Waals surface area contributed by atoms with Gasteiger partial charge in [0, 0.05) is 17.4 Å². The minimum absolute atomic E-state index is 0.788. The molecule has 2 rings (SSSR count). The van der Waals surface area contributed by atoms with Crippen LogP contribution in [0.3, 0.4) is 0 Å². The lowest BCUT2D eigenvalue weighted by molar-refractivity contribution is 1.12. The fourth-order valence-corrected chi connectivity index (χ4v) is 1.40. The third kappa shape index (κ3) is 1.96. The predicted octanol–water partition coefficient (Wildman–Crippen LogP) is 2.34. The van der Waals surface area contributed by atoms with E-state index in [0.717, 1.165) is 28.2 Å². The van der Waals surface area contributed by atoms with Crippen molar-refractivity contribution in [2.24, 2.45) is 0 Å². The number of nitrogens with two attached hydrogens (primary N) is 1. The van der Waals surface area contributed by atoms with Gasteiger partial charge in [-0.15, -0.1) is 0 Å². The van der Waals surface area contributed by atoms with E-state index in [1.165, 1.54) is 0 Å². The van der Waals surface area contributed by atoms with Crippen LogP contribution in [0.2, 0.25) is 0 Å². The van der Waals surface area contributed by atoms with Gasteiger partial charge < -0.3 is 5.73 Å². The molecule has 3 heteroatoms. The van der Waals surface area contributed by atoms with Crippen LogP contribution < -0.4 is 5.73 Å². The molecule has 2 N–H and O–H groups in total. The Bertz CT molecular complexity index is 492. The molecule has 0 aliphatic heterocycles. The van der Waals surface area contributed by atoms with Gasteiger partial charge in [0.15, 0.2) is 0 Å². The molecule has 0 spiro atoms. The maximum absolute atomic E-state index is 5.85. The number of rotatable bonds is 1. The topological polar surface area (TPSA) is 51.8 Å². The number of benzene rings is 1. The molecule has 1 heterocycles. The van der Waals surface area contributed by atoms with Crippen molar-refractivity contribution in [3.8, 4) is 11.3 Å². The lowest BCUT2D eigenvalue weighted by Gasteiger charge is -2.04. The van der Waals surface area contributed by atoms with Crippen LogP contribution in [0.4, 0.5) is 5.69 Å². The number of nitrogens with zero attached hydrogens (tertiary/aromatic N) is 2. The molecule has 1 aromatic carbocycles. The van der Waals surface area contributed by atoms with Crippen LogP contribution in [-0.2, 0) is 0 Å². The van der Waals surface area contributed by atoms with Crippen LogP contribution in [0.15, 0.2) is 30.6 Å². The van der Waals surface area contributed by atoms with E-state index in [1.807, 2.05) is 32.0 Å². The molecule has 0 amide bonds. The average molecular weight is 199 g/mol. The van der Waals surface area contributed by atoms with Crippen LogP contribution in [0.25, 0.3) is 11.3 Å². The Morgan fingerprint density at radius 3 is 2.60 bits per heavy atom. The van der Waals surface area contributed by atoms with Crippen LogP contribution >= 0.6 is 0 Å². The Kier molecular flexibility index (Phi) is 2.37. The van der Waals surface area contributed by atoms with Crippen molar-refractivity contribution in [2.75, 3.05) is 5.73 Å². The van der Waals surface area contributed by atoms with Crippen molar-refractivity contribution < 1.29 is 0 Å². The standard InChI is InChI=1S/C12H13N3/c1-8-3-4-10(5-11(8)13)12-7-14-6-9(2)15-12/h3-7H,13H2,1-2H3. The summed E-state index contributed by atoms with van der Waals surface area (Å²) in [6.45, 7) is 3.91. The summed E-state index contributed by atoms with van der Waals surface area (Å²) in [5.74, 6) is 0. The Balaban J connectivity index is 2.50. The van der Waals surface area contributed by atoms with Gasteiger partial charge in [-0.1, -0.05) is 12.1 Å². The highest BCUT2D eigenvalue weighted by molar-refractivity contribution is 5.65. The summed E-state index contributed by atoms with van der Waals surface area (Å²) in [7, 11) is 0. The van der Waals surface area contributed by atoms with Gasteiger partial charge in [-0.2, -0.15) is 0 Å². The second kappa shape index (κ2) is 3.69. The molecule has 0 aliphatic carbocycles. The number of nitrogen functional groups attached to an aromatic ring is 1. The van der Waals surface area contributed by atoms with Crippen LogP contribution in [0.5, 0.6) is 0 Å². The highest BCUT2D eigenvalue weighted by Gasteiger charge is 2.01. The third-order valence-corrected chi connectivity index (χ3v) is 2.33. The van der Waals surface area contributed by atoms with E-state index >= 15 is 0 Å². The van der Waals surface area contributed by atoms with Gasteiger partial charge in [-0.25, -0.2) is 4.98 Å². The molecule has 0 saturated carbocycles. The first-order valence-corrected chi connectivity index (χ1v) is 4.82. The Labute approximate surface area is 89.0 Å². The number of aryl methyl sites for hydroxylation is 2. The monoisotopic (exact) mass is 199 g/mol. The van der Waals surface area contributed by atoms with E-state index in [0.29, 0.717) is 0 Å². The SMILES string of the molecule is Cc1cncc(-c2ccc(C)c(N)c2)n1. The van der Waals surface area contributed by atoms with Crippen molar-refractivity contribution in [1.29, 1.82) is 0 Å². The van der Waals surface area contributed by atoms with Crippen LogP contribution in [-0.4, -0.2) is 9.97 Å². The molecule has 3 nitrogen and oxygen atoms in total. The summed E-state index contributed by atoms with van der Waals surface area (Å²) in [6.07, 6.45) is 3.48. The lowest BCUT2D eigenvalue weighted by atomic mass is 10.1. The molecule has 2 aromatic rings. The van der Waals surface area contributed by atoms with Crippen molar-refractivity contribution in [1.82, 2.24) is 9.97 Å².